The lowest BCUT2D eigenvalue weighted by Gasteiger charge is -2.28. The lowest BCUT2D eigenvalue weighted by molar-refractivity contribution is 0.122. The van der Waals surface area contributed by atoms with Crippen LogP contribution in [0.25, 0.3) is 0 Å². The van der Waals surface area contributed by atoms with Gasteiger partial charge in [0.1, 0.15) is 0 Å². The molecule has 1 N–H and O–H groups in total. The second-order valence-corrected chi connectivity index (χ2v) is 4.81. The van der Waals surface area contributed by atoms with Gasteiger partial charge in [0.05, 0.1) is 13.2 Å². The van der Waals surface area contributed by atoms with Crippen LogP contribution in [0.1, 0.15) is 13.8 Å². The Morgan fingerprint density at radius 1 is 1.22 bits per heavy atom. The molecule has 0 aromatic heterocycles. The minimum Gasteiger partial charge on any atom is -0.382 e. The molecule has 0 radical (unpaired) electrons. The van der Waals surface area contributed by atoms with Crippen molar-refractivity contribution < 1.29 is 4.74 Å². The number of allylic oxidation sites excluding steroid dienone is 1. The zero-order chi connectivity index (χ0) is 12.8. The van der Waals surface area contributed by atoms with Gasteiger partial charge in [-0.1, -0.05) is 11.6 Å². The van der Waals surface area contributed by atoms with Gasteiger partial charge in [0, 0.05) is 31.0 Å². The molecule has 3 nitrogen and oxygen atoms in total. The monoisotopic (exact) mass is 246 g/mol. The van der Waals surface area contributed by atoms with E-state index in [9.17, 15) is 0 Å². The van der Waals surface area contributed by atoms with Crippen LogP contribution in [0, 0.1) is 0 Å². The summed E-state index contributed by atoms with van der Waals surface area (Å²) >= 11 is 0. The Kier molecular flexibility index (Phi) is 4.65. The van der Waals surface area contributed by atoms with Crippen LogP contribution in [-0.2, 0) is 4.74 Å². The highest BCUT2D eigenvalue weighted by Gasteiger charge is 2.10. The summed E-state index contributed by atoms with van der Waals surface area (Å²) in [6, 6.07) is 8.64. The second-order valence-electron chi connectivity index (χ2n) is 4.81. The Labute approximate surface area is 109 Å². The molecular formula is C15H22N2O. The Morgan fingerprint density at radius 2 is 1.89 bits per heavy atom. The van der Waals surface area contributed by atoms with Gasteiger partial charge in [0.25, 0.3) is 0 Å². The third-order valence-electron chi connectivity index (χ3n) is 3.06. The van der Waals surface area contributed by atoms with Crippen LogP contribution in [0.3, 0.4) is 0 Å². The van der Waals surface area contributed by atoms with E-state index in [0.717, 1.165) is 32.8 Å². The largest absolute Gasteiger partial charge is 0.382 e. The number of rotatable bonds is 4. The summed E-state index contributed by atoms with van der Waals surface area (Å²) in [7, 11) is 0. The molecule has 2 rings (SSSR count). The molecular weight excluding hydrogens is 224 g/mol. The molecule has 1 saturated heterocycles. The standard InChI is InChI=1S/C15H22N2O/c1-13(2)7-8-16-14-3-5-15(6-4-14)17-9-11-18-12-10-17/h3-7,16H,8-12H2,1-2H3. The number of nitrogens with zero attached hydrogens (tertiary/aromatic N) is 1. The summed E-state index contributed by atoms with van der Waals surface area (Å²) < 4.78 is 5.36. The van der Waals surface area contributed by atoms with Gasteiger partial charge in [0.2, 0.25) is 0 Å². The summed E-state index contributed by atoms with van der Waals surface area (Å²) in [6.07, 6.45) is 2.19. The molecule has 1 fully saturated rings. The van der Waals surface area contributed by atoms with Gasteiger partial charge >= 0.3 is 0 Å². The molecule has 0 aliphatic carbocycles. The van der Waals surface area contributed by atoms with Gasteiger partial charge in [-0.3, -0.25) is 0 Å². The average Bonchev–Trinajstić information content (AvgIpc) is 2.40. The van der Waals surface area contributed by atoms with Crippen LogP contribution in [0.15, 0.2) is 35.9 Å². The molecule has 0 unspecified atom stereocenters. The van der Waals surface area contributed by atoms with Gasteiger partial charge in [-0.15, -0.1) is 0 Å². The Bertz CT molecular complexity index is 387. The van der Waals surface area contributed by atoms with E-state index in [-0.39, 0.29) is 0 Å². The summed E-state index contributed by atoms with van der Waals surface area (Å²) in [5.41, 5.74) is 3.79. The molecule has 1 aromatic carbocycles. The van der Waals surface area contributed by atoms with Crippen LogP contribution < -0.4 is 10.2 Å². The van der Waals surface area contributed by atoms with Crippen LogP contribution in [0.5, 0.6) is 0 Å². The number of hydrogen-bond acceptors (Lipinski definition) is 3. The topological polar surface area (TPSA) is 24.5 Å². The van der Waals surface area contributed by atoms with Crippen LogP contribution in [-0.4, -0.2) is 32.8 Å². The predicted octanol–water partition coefficient (Wildman–Crippen LogP) is 2.90. The van der Waals surface area contributed by atoms with Crippen molar-refractivity contribution in [3.63, 3.8) is 0 Å². The number of hydrogen-bond donors (Lipinski definition) is 1. The van der Waals surface area contributed by atoms with Crippen molar-refractivity contribution >= 4 is 11.4 Å². The van der Waals surface area contributed by atoms with E-state index in [1.165, 1.54) is 16.9 Å². The normalized spacial score (nSPS) is 15.3. The summed E-state index contributed by atoms with van der Waals surface area (Å²) in [6.45, 7) is 8.77. The number of nitrogens with one attached hydrogen (secondary N) is 1. The molecule has 98 valence electrons. The van der Waals surface area contributed by atoms with E-state index < -0.39 is 0 Å². The van der Waals surface area contributed by atoms with Gasteiger partial charge < -0.3 is 15.0 Å². The van der Waals surface area contributed by atoms with Crippen molar-refractivity contribution in [2.75, 3.05) is 43.1 Å². The van der Waals surface area contributed by atoms with Gasteiger partial charge in [-0.2, -0.15) is 0 Å². The van der Waals surface area contributed by atoms with E-state index in [0.29, 0.717) is 0 Å². The number of benzene rings is 1. The highest BCUT2D eigenvalue weighted by Crippen LogP contribution is 2.18. The molecule has 0 saturated carbocycles. The minimum absolute atomic E-state index is 0.834. The molecule has 0 spiro atoms. The van der Waals surface area contributed by atoms with E-state index in [4.69, 9.17) is 4.74 Å². The smallest absolute Gasteiger partial charge is 0.0642 e. The fourth-order valence-corrected chi connectivity index (χ4v) is 1.98. The Morgan fingerprint density at radius 3 is 2.50 bits per heavy atom. The van der Waals surface area contributed by atoms with Crippen molar-refractivity contribution in [2.24, 2.45) is 0 Å². The lowest BCUT2D eigenvalue weighted by Crippen LogP contribution is -2.36. The number of morpholine rings is 1. The zero-order valence-corrected chi connectivity index (χ0v) is 11.3. The van der Waals surface area contributed by atoms with Crippen molar-refractivity contribution in [1.82, 2.24) is 0 Å². The molecule has 0 atom stereocenters. The van der Waals surface area contributed by atoms with Crippen molar-refractivity contribution in [3.05, 3.63) is 35.9 Å². The zero-order valence-electron chi connectivity index (χ0n) is 11.3. The van der Waals surface area contributed by atoms with Crippen LogP contribution in [0.2, 0.25) is 0 Å². The first-order valence-electron chi connectivity index (χ1n) is 6.56. The minimum atomic E-state index is 0.834. The van der Waals surface area contributed by atoms with Crippen molar-refractivity contribution in [2.45, 2.75) is 13.8 Å². The molecule has 0 bridgehead atoms. The molecule has 18 heavy (non-hydrogen) atoms. The predicted molar refractivity (Wildman–Crippen MR) is 77.4 cm³/mol. The van der Waals surface area contributed by atoms with E-state index in [1.54, 1.807) is 0 Å². The van der Waals surface area contributed by atoms with Crippen molar-refractivity contribution in [1.29, 1.82) is 0 Å². The van der Waals surface area contributed by atoms with E-state index in [1.807, 2.05) is 0 Å². The van der Waals surface area contributed by atoms with E-state index >= 15 is 0 Å². The molecule has 1 heterocycles. The molecule has 1 aliphatic heterocycles. The first kappa shape index (κ1) is 13.0. The summed E-state index contributed by atoms with van der Waals surface area (Å²) in [4.78, 5) is 2.36. The first-order chi connectivity index (χ1) is 8.75. The molecule has 3 heteroatoms. The quantitative estimate of drug-likeness (QED) is 0.827. The van der Waals surface area contributed by atoms with Gasteiger partial charge in [-0.05, 0) is 38.1 Å². The highest BCUT2D eigenvalue weighted by atomic mass is 16.5. The third-order valence-corrected chi connectivity index (χ3v) is 3.06. The molecule has 1 aromatic rings. The maximum atomic E-state index is 5.36. The first-order valence-corrected chi connectivity index (χ1v) is 6.56. The van der Waals surface area contributed by atoms with Gasteiger partial charge in [0.15, 0.2) is 0 Å². The highest BCUT2D eigenvalue weighted by molar-refractivity contribution is 5.55. The van der Waals surface area contributed by atoms with E-state index in [2.05, 4.69) is 54.4 Å². The SMILES string of the molecule is CC(C)=CCNc1ccc(N2CCOCC2)cc1. The van der Waals surface area contributed by atoms with Gasteiger partial charge in [-0.25, -0.2) is 0 Å². The summed E-state index contributed by atoms with van der Waals surface area (Å²) in [5.74, 6) is 0. The second kappa shape index (κ2) is 6.45. The molecule has 1 aliphatic rings. The summed E-state index contributed by atoms with van der Waals surface area (Å²) in [5, 5.41) is 3.39. The number of anilines is 2. The molecule has 0 amide bonds. The fourth-order valence-electron chi connectivity index (χ4n) is 1.98. The maximum absolute atomic E-state index is 5.36. The van der Waals surface area contributed by atoms with Crippen LogP contribution >= 0.6 is 0 Å². The maximum Gasteiger partial charge on any atom is 0.0642 e. The number of ether oxygens (including phenoxy) is 1. The Balaban J connectivity index is 1.90. The fraction of sp³-hybridized carbons (Fsp3) is 0.467. The van der Waals surface area contributed by atoms with Crippen molar-refractivity contribution in [3.8, 4) is 0 Å². The third kappa shape index (κ3) is 3.77. The Hall–Kier alpha value is -1.48. The lowest BCUT2D eigenvalue weighted by atomic mass is 10.2. The average molecular weight is 246 g/mol. The van der Waals surface area contributed by atoms with Crippen LogP contribution in [0.4, 0.5) is 11.4 Å².